The van der Waals surface area contributed by atoms with Crippen molar-refractivity contribution in [1.82, 2.24) is 19.1 Å². The van der Waals surface area contributed by atoms with Crippen LogP contribution in [-0.2, 0) is 13.6 Å². The summed E-state index contributed by atoms with van der Waals surface area (Å²) in [5.41, 5.74) is -0.0613. The van der Waals surface area contributed by atoms with Crippen molar-refractivity contribution >= 4 is 22.9 Å². The zero-order valence-electron chi connectivity index (χ0n) is 11.1. The minimum Gasteiger partial charge on any atom is -0.309 e. The standard InChI is InChI=1S/C12H16N4O2S/c1-5-6-16-8-9(13-12(16)19-7(2)3)15(4)11(18)14-10(8)17/h5,7H,1,6H2,2-4H3,(H,14,17,18). The normalized spacial score (nSPS) is 11.4. The van der Waals surface area contributed by atoms with Crippen LogP contribution in [0.4, 0.5) is 0 Å². The summed E-state index contributed by atoms with van der Waals surface area (Å²) < 4.78 is 3.13. The molecule has 1 N–H and O–H groups in total. The van der Waals surface area contributed by atoms with Crippen molar-refractivity contribution in [2.75, 3.05) is 0 Å². The Hall–Kier alpha value is -1.76. The first-order valence-corrected chi connectivity index (χ1v) is 6.80. The lowest BCUT2D eigenvalue weighted by Gasteiger charge is -2.06. The quantitative estimate of drug-likeness (QED) is 0.672. The topological polar surface area (TPSA) is 72.7 Å². The van der Waals surface area contributed by atoms with Gasteiger partial charge in [0.2, 0.25) is 0 Å². The van der Waals surface area contributed by atoms with Gasteiger partial charge in [-0.05, 0) is 0 Å². The van der Waals surface area contributed by atoms with E-state index in [4.69, 9.17) is 0 Å². The molecule has 0 radical (unpaired) electrons. The number of aryl methyl sites for hydroxylation is 1. The highest BCUT2D eigenvalue weighted by Gasteiger charge is 2.17. The molecule has 0 unspecified atom stereocenters. The number of thioether (sulfide) groups is 1. The maximum Gasteiger partial charge on any atom is 0.329 e. The van der Waals surface area contributed by atoms with Gasteiger partial charge in [-0.1, -0.05) is 31.7 Å². The summed E-state index contributed by atoms with van der Waals surface area (Å²) in [6, 6.07) is 0. The van der Waals surface area contributed by atoms with Crippen LogP contribution in [0.5, 0.6) is 0 Å². The SMILES string of the molecule is C=CCn1c(SC(C)C)nc2c1c(=O)[nH]c(=O)n2C. The molecule has 0 aliphatic rings. The van der Waals surface area contributed by atoms with Gasteiger partial charge in [0.05, 0.1) is 0 Å². The van der Waals surface area contributed by atoms with Crippen LogP contribution in [0, 0.1) is 0 Å². The third-order valence-electron chi connectivity index (χ3n) is 2.62. The second-order valence-corrected chi connectivity index (χ2v) is 5.99. The molecule has 0 aromatic carbocycles. The fourth-order valence-electron chi connectivity index (χ4n) is 1.81. The lowest BCUT2D eigenvalue weighted by Crippen LogP contribution is -2.29. The summed E-state index contributed by atoms with van der Waals surface area (Å²) in [4.78, 5) is 30.3. The molecule has 0 fully saturated rings. The Morgan fingerprint density at radius 1 is 1.47 bits per heavy atom. The van der Waals surface area contributed by atoms with Crippen molar-refractivity contribution in [1.29, 1.82) is 0 Å². The van der Waals surface area contributed by atoms with Gasteiger partial charge in [-0.2, -0.15) is 0 Å². The fourth-order valence-corrected chi connectivity index (χ4v) is 2.67. The average molecular weight is 280 g/mol. The molecule has 0 bridgehead atoms. The van der Waals surface area contributed by atoms with Crippen molar-refractivity contribution in [3.63, 3.8) is 0 Å². The largest absolute Gasteiger partial charge is 0.329 e. The lowest BCUT2D eigenvalue weighted by molar-refractivity contribution is 0.743. The zero-order chi connectivity index (χ0) is 14.2. The lowest BCUT2D eigenvalue weighted by atomic mass is 10.5. The van der Waals surface area contributed by atoms with E-state index in [1.807, 2.05) is 13.8 Å². The van der Waals surface area contributed by atoms with E-state index in [0.29, 0.717) is 23.0 Å². The maximum absolute atomic E-state index is 12.0. The molecular weight excluding hydrogens is 264 g/mol. The first-order valence-electron chi connectivity index (χ1n) is 5.92. The Morgan fingerprint density at radius 2 is 2.16 bits per heavy atom. The zero-order valence-corrected chi connectivity index (χ0v) is 12.0. The van der Waals surface area contributed by atoms with Gasteiger partial charge in [0.15, 0.2) is 16.3 Å². The number of fused-ring (bicyclic) bond motifs is 1. The molecule has 0 aliphatic heterocycles. The number of hydrogen-bond acceptors (Lipinski definition) is 4. The maximum atomic E-state index is 12.0. The molecule has 0 saturated carbocycles. The highest BCUT2D eigenvalue weighted by Crippen LogP contribution is 2.24. The molecule has 19 heavy (non-hydrogen) atoms. The highest BCUT2D eigenvalue weighted by molar-refractivity contribution is 7.99. The second kappa shape index (κ2) is 5.08. The van der Waals surface area contributed by atoms with E-state index < -0.39 is 11.2 Å². The summed E-state index contributed by atoms with van der Waals surface area (Å²) in [6.45, 7) is 8.27. The van der Waals surface area contributed by atoms with Gasteiger partial charge in [0, 0.05) is 18.8 Å². The van der Waals surface area contributed by atoms with E-state index in [1.165, 1.54) is 4.57 Å². The molecule has 0 atom stereocenters. The van der Waals surface area contributed by atoms with Gasteiger partial charge in [-0.15, -0.1) is 6.58 Å². The number of H-pyrrole nitrogens is 1. The van der Waals surface area contributed by atoms with E-state index in [1.54, 1.807) is 29.5 Å². The van der Waals surface area contributed by atoms with Crippen molar-refractivity contribution in [3.8, 4) is 0 Å². The number of rotatable bonds is 4. The summed E-state index contributed by atoms with van der Waals surface area (Å²) >= 11 is 1.55. The van der Waals surface area contributed by atoms with Crippen molar-refractivity contribution < 1.29 is 0 Å². The number of aromatic nitrogens is 4. The first-order chi connectivity index (χ1) is 8.95. The summed E-state index contributed by atoms with van der Waals surface area (Å²) in [5, 5.41) is 1.05. The van der Waals surface area contributed by atoms with Gasteiger partial charge in [-0.3, -0.25) is 14.3 Å². The molecule has 0 spiro atoms. The fraction of sp³-hybridized carbons (Fsp3) is 0.417. The third kappa shape index (κ3) is 2.37. The Labute approximate surface area is 114 Å². The monoisotopic (exact) mass is 280 g/mol. The van der Waals surface area contributed by atoms with Crippen LogP contribution in [0.1, 0.15) is 13.8 Å². The van der Waals surface area contributed by atoms with E-state index in [2.05, 4.69) is 16.5 Å². The molecule has 102 valence electrons. The number of hydrogen-bond donors (Lipinski definition) is 1. The molecule has 0 amide bonds. The predicted molar refractivity (Wildman–Crippen MR) is 76.8 cm³/mol. The van der Waals surface area contributed by atoms with Gasteiger partial charge in [-0.25, -0.2) is 9.78 Å². The molecule has 2 rings (SSSR count). The molecule has 7 heteroatoms. The van der Waals surface area contributed by atoms with Gasteiger partial charge in [0.1, 0.15) is 0 Å². The Bertz CT molecular complexity index is 738. The van der Waals surface area contributed by atoms with Gasteiger partial charge < -0.3 is 4.57 Å². The molecule has 2 aromatic rings. The van der Waals surface area contributed by atoms with E-state index in [9.17, 15) is 9.59 Å². The van der Waals surface area contributed by atoms with Crippen LogP contribution < -0.4 is 11.2 Å². The van der Waals surface area contributed by atoms with Crippen LogP contribution in [0.3, 0.4) is 0 Å². The van der Waals surface area contributed by atoms with Crippen LogP contribution in [0.25, 0.3) is 11.2 Å². The number of imidazole rings is 1. The van der Waals surface area contributed by atoms with Gasteiger partial charge >= 0.3 is 5.69 Å². The van der Waals surface area contributed by atoms with Crippen molar-refractivity contribution in [3.05, 3.63) is 33.5 Å². The summed E-state index contributed by atoms with van der Waals surface area (Å²) in [6.07, 6.45) is 1.70. The van der Waals surface area contributed by atoms with Crippen LogP contribution >= 0.6 is 11.8 Å². The number of aromatic amines is 1. The number of nitrogens with one attached hydrogen (secondary N) is 1. The Balaban J connectivity index is 2.84. The molecular formula is C12H16N4O2S. The molecule has 2 aromatic heterocycles. The highest BCUT2D eigenvalue weighted by atomic mass is 32.2. The molecule has 6 nitrogen and oxygen atoms in total. The van der Waals surface area contributed by atoms with E-state index >= 15 is 0 Å². The third-order valence-corrected chi connectivity index (χ3v) is 3.62. The minimum absolute atomic E-state index is 0.330. The van der Waals surface area contributed by atoms with Crippen molar-refractivity contribution in [2.24, 2.45) is 7.05 Å². The minimum atomic E-state index is -0.457. The summed E-state index contributed by atoms with van der Waals surface area (Å²) in [7, 11) is 1.59. The number of nitrogens with zero attached hydrogens (tertiary/aromatic N) is 3. The summed E-state index contributed by atoms with van der Waals surface area (Å²) in [5.74, 6) is 0. The average Bonchev–Trinajstić information content (AvgIpc) is 2.66. The van der Waals surface area contributed by atoms with Crippen LogP contribution in [0.15, 0.2) is 27.4 Å². The Morgan fingerprint density at radius 3 is 2.74 bits per heavy atom. The van der Waals surface area contributed by atoms with E-state index in [0.717, 1.165) is 5.16 Å². The van der Waals surface area contributed by atoms with Crippen LogP contribution in [0.2, 0.25) is 0 Å². The smallest absolute Gasteiger partial charge is 0.309 e. The number of allylic oxidation sites excluding steroid dienone is 1. The van der Waals surface area contributed by atoms with Crippen LogP contribution in [-0.4, -0.2) is 24.4 Å². The second-order valence-electron chi connectivity index (χ2n) is 4.45. The Kier molecular flexibility index (Phi) is 3.66. The van der Waals surface area contributed by atoms with Crippen molar-refractivity contribution in [2.45, 2.75) is 30.8 Å². The first kappa shape index (κ1) is 13.7. The van der Waals surface area contributed by atoms with Gasteiger partial charge in [0.25, 0.3) is 5.56 Å². The molecule has 0 saturated heterocycles. The molecule has 0 aliphatic carbocycles. The van der Waals surface area contributed by atoms with E-state index in [-0.39, 0.29) is 0 Å². The molecule has 2 heterocycles. The predicted octanol–water partition coefficient (Wildman–Crippen LogP) is 1.11.